The van der Waals surface area contributed by atoms with Crippen LogP contribution in [0.25, 0.3) is 0 Å². The molecule has 3 aliphatic carbocycles. The van der Waals surface area contributed by atoms with Crippen LogP contribution in [-0.2, 0) is 20.7 Å². The van der Waals surface area contributed by atoms with Crippen LogP contribution in [-0.4, -0.2) is 18.2 Å². The van der Waals surface area contributed by atoms with E-state index in [0.29, 0.717) is 0 Å². The summed E-state index contributed by atoms with van der Waals surface area (Å²) in [5.41, 5.74) is 4.19. The lowest BCUT2D eigenvalue weighted by atomic mass is 9.50. The van der Waals surface area contributed by atoms with Gasteiger partial charge in [-0.1, -0.05) is 6.92 Å². The standard InChI is InChI=1S/C19H18O4/c1-7-5-10(20)6-9-3-4-19-8(2)15-17(23-18(19)21)13-14(19)12(9)11(7)16(13)22-15/h5-6,8,13-17H,3-4H2,1-2H3/t8?,13-,14-,15+,16+,17-,19-/m1/s1. The Hall–Kier alpha value is -1.68. The number of hydrogen-bond donors (Lipinski definition) is 0. The van der Waals surface area contributed by atoms with Gasteiger partial charge in [0.15, 0.2) is 5.43 Å². The van der Waals surface area contributed by atoms with E-state index in [0.717, 1.165) is 24.0 Å². The Labute approximate surface area is 133 Å². The van der Waals surface area contributed by atoms with Crippen molar-refractivity contribution in [2.75, 3.05) is 0 Å². The topological polar surface area (TPSA) is 52.6 Å². The first kappa shape index (κ1) is 12.7. The number of carbonyl (C=O) groups excluding carboxylic acids is 1. The maximum atomic E-state index is 12.9. The molecule has 1 aromatic carbocycles. The second-order valence-corrected chi connectivity index (χ2v) is 8.00. The van der Waals surface area contributed by atoms with Crippen molar-refractivity contribution >= 4 is 5.97 Å². The van der Waals surface area contributed by atoms with Crippen molar-refractivity contribution in [2.45, 2.75) is 50.9 Å². The molecule has 4 nitrogen and oxygen atoms in total. The van der Waals surface area contributed by atoms with Crippen LogP contribution in [0.15, 0.2) is 16.9 Å². The summed E-state index contributed by atoms with van der Waals surface area (Å²) in [6.07, 6.45) is 1.47. The van der Waals surface area contributed by atoms with Gasteiger partial charge in [0, 0.05) is 17.8 Å². The fraction of sp³-hybridized carbons (Fsp3) is 0.579. The van der Waals surface area contributed by atoms with Gasteiger partial charge in [0.2, 0.25) is 0 Å². The minimum Gasteiger partial charge on any atom is -0.459 e. The first-order valence-electron chi connectivity index (χ1n) is 8.58. The Balaban J connectivity index is 1.78. The van der Waals surface area contributed by atoms with Gasteiger partial charge in [0.1, 0.15) is 6.10 Å². The zero-order valence-electron chi connectivity index (χ0n) is 13.2. The van der Waals surface area contributed by atoms with Crippen molar-refractivity contribution in [3.63, 3.8) is 0 Å². The predicted octanol–water partition coefficient (Wildman–Crippen LogP) is 2.02. The van der Waals surface area contributed by atoms with E-state index in [4.69, 9.17) is 9.47 Å². The number of rotatable bonds is 0. The Bertz CT molecular complexity index is 859. The molecule has 1 unspecified atom stereocenters. The van der Waals surface area contributed by atoms with Crippen LogP contribution in [0.1, 0.15) is 47.6 Å². The first-order chi connectivity index (χ1) is 11.0. The summed E-state index contributed by atoms with van der Waals surface area (Å²) in [5.74, 6) is 0.594. The van der Waals surface area contributed by atoms with Gasteiger partial charge in [-0.15, -0.1) is 0 Å². The first-order valence-corrected chi connectivity index (χ1v) is 8.58. The number of esters is 1. The Kier molecular flexibility index (Phi) is 1.95. The van der Waals surface area contributed by atoms with Crippen LogP contribution in [0, 0.1) is 24.2 Å². The van der Waals surface area contributed by atoms with Crippen LogP contribution in [0.4, 0.5) is 0 Å². The van der Waals surface area contributed by atoms with Gasteiger partial charge >= 0.3 is 5.97 Å². The maximum absolute atomic E-state index is 12.9. The Morgan fingerprint density at radius 2 is 2.00 bits per heavy atom. The molecular formula is C19H18O4. The normalized spacial score (nSPS) is 47.0. The lowest BCUT2D eigenvalue weighted by Gasteiger charge is -2.57. The highest BCUT2D eigenvalue weighted by atomic mass is 16.6. The molecule has 0 radical (unpaired) electrons. The monoisotopic (exact) mass is 310 g/mol. The molecular weight excluding hydrogens is 292 g/mol. The summed E-state index contributed by atoms with van der Waals surface area (Å²) < 4.78 is 12.3. The quantitative estimate of drug-likeness (QED) is 0.688. The molecule has 1 aromatic rings. The zero-order chi connectivity index (χ0) is 15.7. The fourth-order valence-electron chi connectivity index (χ4n) is 6.56. The van der Waals surface area contributed by atoms with E-state index in [1.807, 2.05) is 6.92 Å². The summed E-state index contributed by atoms with van der Waals surface area (Å²) >= 11 is 0. The largest absolute Gasteiger partial charge is 0.459 e. The highest BCUT2D eigenvalue weighted by Gasteiger charge is 2.76. The number of ether oxygens (including phenoxy) is 2. The molecule has 4 fully saturated rings. The summed E-state index contributed by atoms with van der Waals surface area (Å²) in [7, 11) is 0. The minimum atomic E-state index is -0.444. The third-order valence-electron chi connectivity index (χ3n) is 7.36. The molecule has 23 heavy (non-hydrogen) atoms. The lowest BCUT2D eigenvalue weighted by Crippen LogP contribution is -2.64. The van der Waals surface area contributed by atoms with Gasteiger partial charge in [-0.25, -0.2) is 0 Å². The molecule has 7 atom stereocenters. The predicted molar refractivity (Wildman–Crippen MR) is 81.1 cm³/mol. The fourth-order valence-corrected chi connectivity index (χ4v) is 6.56. The summed E-state index contributed by atoms with van der Waals surface area (Å²) in [5, 5.41) is 0. The van der Waals surface area contributed by atoms with E-state index >= 15 is 0 Å². The lowest BCUT2D eigenvalue weighted by molar-refractivity contribution is -0.215. The molecule has 3 heterocycles. The molecule has 4 bridgehead atoms. The van der Waals surface area contributed by atoms with E-state index in [2.05, 4.69) is 6.92 Å². The molecule has 0 aromatic heterocycles. The van der Waals surface area contributed by atoms with Crippen LogP contribution in [0.3, 0.4) is 0 Å². The van der Waals surface area contributed by atoms with Crippen LogP contribution in [0.5, 0.6) is 0 Å². The van der Waals surface area contributed by atoms with Gasteiger partial charge in [0.05, 0.1) is 17.6 Å². The second-order valence-electron chi connectivity index (χ2n) is 8.00. The van der Waals surface area contributed by atoms with Crippen molar-refractivity contribution in [1.29, 1.82) is 0 Å². The number of carbonyl (C=O) groups is 1. The molecule has 7 rings (SSSR count). The minimum absolute atomic E-state index is 0.00826. The number of aryl methyl sites for hydroxylation is 2. The van der Waals surface area contributed by atoms with Crippen molar-refractivity contribution in [3.8, 4) is 0 Å². The molecule has 1 saturated carbocycles. The van der Waals surface area contributed by atoms with Gasteiger partial charge in [0.25, 0.3) is 0 Å². The van der Waals surface area contributed by atoms with E-state index in [9.17, 15) is 9.59 Å². The molecule has 4 heteroatoms. The van der Waals surface area contributed by atoms with Crippen LogP contribution < -0.4 is 5.43 Å². The van der Waals surface area contributed by atoms with E-state index in [-0.39, 0.29) is 47.5 Å². The van der Waals surface area contributed by atoms with Crippen molar-refractivity contribution in [2.24, 2.45) is 17.3 Å². The van der Waals surface area contributed by atoms with Crippen molar-refractivity contribution in [3.05, 3.63) is 44.6 Å². The maximum Gasteiger partial charge on any atom is 0.313 e. The summed E-state index contributed by atoms with van der Waals surface area (Å²) in [4.78, 5) is 25.0. The van der Waals surface area contributed by atoms with E-state index in [1.165, 1.54) is 11.1 Å². The third kappa shape index (κ3) is 1.11. The van der Waals surface area contributed by atoms with Crippen LogP contribution in [0.2, 0.25) is 0 Å². The highest BCUT2D eigenvalue weighted by Crippen LogP contribution is 2.73. The molecule has 0 N–H and O–H groups in total. The highest BCUT2D eigenvalue weighted by molar-refractivity contribution is 5.83. The molecule has 3 saturated heterocycles. The Morgan fingerprint density at radius 3 is 2.83 bits per heavy atom. The smallest absolute Gasteiger partial charge is 0.313 e. The van der Waals surface area contributed by atoms with E-state index < -0.39 is 5.41 Å². The average molecular weight is 310 g/mol. The third-order valence-corrected chi connectivity index (χ3v) is 7.36. The molecule has 1 spiro atoms. The molecule has 3 aliphatic heterocycles. The zero-order valence-corrected chi connectivity index (χ0v) is 13.2. The number of fused-ring (bicyclic) bond motifs is 2. The van der Waals surface area contributed by atoms with Crippen molar-refractivity contribution in [1.82, 2.24) is 0 Å². The van der Waals surface area contributed by atoms with Gasteiger partial charge in [-0.3, -0.25) is 9.59 Å². The van der Waals surface area contributed by atoms with Gasteiger partial charge in [-0.2, -0.15) is 0 Å². The average Bonchev–Trinajstić information content (AvgIpc) is 2.95. The van der Waals surface area contributed by atoms with E-state index in [1.54, 1.807) is 12.1 Å². The van der Waals surface area contributed by atoms with Gasteiger partial charge in [-0.05, 0) is 54.2 Å². The number of hydrogen-bond acceptors (Lipinski definition) is 4. The SMILES string of the molecule is Cc1cc(=O)cc2c3c1[C@@H]1O[C@H]4C(C)[C@@]5(CC2)C(=O)O[C@@H]4[C@@H]1[C@@H]35. The second kappa shape index (κ2) is 3.54. The Morgan fingerprint density at radius 1 is 1.17 bits per heavy atom. The molecule has 118 valence electrons. The summed E-state index contributed by atoms with van der Waals surface area (Å²) in [6, 6.07) is 3.52. The van der Waals surface area contributed by atoms with Crippen LogP contribution >= 0.6 is 0 Å². The molecule has 6 aliphatic rings. The summed E-state index contributed by atoms with van der Waals surface area (Å²) in [6.45, 7) is 4.17. The van der Waals surface area contributed by atoms with Crippen molar-refractivity contribution < 1.29 is 14.3 Å². The van der Waals surface area contributed by atoms with Gasteiger partial charge < -0.3 is 9.47 Å². The molecule has 0 amide bonds.